The third-order valence-corrected chi connectivity index (χ3v) is 3.73. The van der Waals surface area contributed by atoms with Gasteiger partial charge in [0.2, 0.25) is 0 Å². The Morgan fingerprint density at radius 3 is 1.80 bits per heavy atom. The highest BCUT2D eigenvalue weighted by atomic mass is 16.5. The summed E-state index contributed by atoms with van der Waals surface area (Å²) in [6, 6.07) is 8.62. The number of hydrogen-bond donors (Lipinski definition) is 2. The average molecular weight is 278 g/mol. The van der Waals surface area contributed by atoms with Gasteiger partial charge < -0.3 is 4.74 Å². The highest BCUT2D eigenvalue weighted by molar-refractivity contribution is 5.30. The molecule has 3 heteroatoms. The molecular weight excluding hydrogens is 248 g/mol. The molecule has 0 bridgehead atoms. The van der Waals surface area contributed by atoms with E-state index in [1.807, 2.05) is 0 Å². The Kier molecular flexibility index (Phi) is 5.36. The van der Waals surface area contributed by atoms with Crippen LogP contribution in [0.15, 0.2) is 24.3 Å². The average Bonchev–Trinajstić information content (AvgIpc) is 2.33. The van der Waals surface area contributed by atoms with E-state index in [4.69, 9.17) is 10.6 Å². The van der Waals surface area contributed by atoms with Crippen LogP contribution in [-0.4, -0.2) is 13.2 Å². The van der Waals surface area contributed by atoms with Gasteiger partial charge in [-0.15, -0.1) is 0 Å². The van der Waals surface area contributed by atoms with Gasteiger partial charge in [-0.3, -0.25) is 11.3 Å². The number of methoxy groups -OCH3 is 1. The fourth-order valence-corrected chi connectivity index (χ4v) is 2.54. The van der Waals surface area contributed by atoms with Gasteiger partial charge in [-0.25, -0.2) is 0 Å². The summed E-state index contributed by atoms with van der Waals surface area (Å²) >= 11 is 0. The van der Waals surface area contributed by atoms with Gasteiger partial charge in [0.25, 0.3) is 0 Å². The third kappa shape index (κ3) is 4.05. The van der Waals surface area contributed by atoms with E-state index in [1.54, 1.807) is 7.11 Å². The lowest BCUT2D eigenvalue weighted by Crippen LogP contribution is -2.44. The van der Waals surface area contributed by atoms with Crippen LogP contribution < -0.4 is 11.3 Å². The number of hydrogen-bond acceptors (Lipinski definition) is 3. The smallest absolute Gasteiger partial charge is 0.0827 e. The van der Waals surface area contributed by atoms with E-state index in [0.29, 0.717) is 0 Å². The Hall–Kier alpha value is -0.900. The van der Waals surface area contributed by atoms with E-state index in [-0.39, 0.29) is 23.0 Å². The Morgan fingerprint density at radius 2 is 1.50 bits per heavy atom. The summed E-state index contributed by atoms with van der Waals surface area (Å²) in [5.41, 5.74) is 5.56. The Morgan fingerprint density at radius 1 is 1.00 bits per heavy atom. The van der Waals surface area contributed by atoms with Crippen LogP contribution in [0.1, 0.15) is 58.7 Å². The minimum absolute atomic E-state index is 0.00740. The van der Waals surface area contributed by atoms with Gasteiger partial charge in [0.15, 0.2) is 0 Å². The zero-order chi connectivity index (χ0) is 15.6. The normalized spacial score (nSPS) is 16.0. The minimum atomic E-state index is -0.0194. The van der Waals surface area contributed by atoms with Crippen molar-refractivity contribution < 1.29 is 4.74 Å². The van der Waals surface area contributed by atoms with Crippen molar-refractivity contribution in [1.29, 1.82) is 0 Å². The summed E-state index contributed by atoms with van der Waals surface area (Å²) in [6.07, 6.45) is 0.00740. The lowest BCUT2D eigenvalue weighted by Gasteiger charge is -2.36. The van der Waals surface area contributed by atoms with Crippen molar-refractivity contribution in [2.45, 2.75) is 59.1 Å². The minimum Gasteiger partial charge on any atom is -0.379 e. The van der Waals surface area contributed by atoms with Crippen LogP contribution in [-0.2, 0) is 10.2 Å². The van der Waals surface area contributed by atoms with Gasteiger partial charge >= 0.3 is 0 Å². The van der Waals surface area contributed by atoms with Crippen molar-refractivity contribution in [3.63, 3.8) is 0 Å². The molecule has 0 saturated heterocycles. The highest BCUT2D eigenvalue weighted by Gasteiger charge is 2.33. The van der Waals surface area contributed by atoms with Gasteiger partial charge in [-0.2, -0.15) is 0 Å². The van der Waals surface area contributed by atoms with Crippen LogP contribution in [0, 0.1) is 5.41 Å². The molecular formula is C17H30N2O. The third-order valence-electron chi connectivity index (χ3n) is 3.73. The van der Waals surface area contributed by atoms with E-state index in [9.17, 15) is 0 Å². The molecule has 2 unspecified atom stereocenters. The fourth-order valence-electron chi connectivity index (χ4n) is 2.54. The zero-order valence-electron chi connectivity index (χ0n) is 13.9. The summed E-state index contributed by atoms with van der Waals surface area (Å²) in [6.45, 7) is 13.1. The molecule has 3 nitrogen and oxygen atoms in total. The fraction of sp³-hybridized carbons (Fsp3) is 0.647. The molecule has 0 aliphatic rings. The number of nitrogens with two attached hydrogens (primary N) is 1. The summed E-state index contributed by atoms with van der Waals surface area (Å²) in [7, 11) is 1.74. The molecule has 0 fully saturated rings. The molecule has 0 aliphatic heterocycles. The first kappa shape index (κ1) is 17.2. The number of hydrazine groups is 1. The second-order valence-corrected chi connectivity index (χ2v) is 7.54. The van der Waals surface area contributed by atoms with Gasteiger partial charge in [0, 0.05) is 7.11 Å². The first-order chi connectivity index (χ1) is 9.11. The van der Waals surface area contributed by atoms with E-state index >= 15 is 0 Å². The van der Waals surface area contributed by atoms with Gasteiger partial charge in [-0.05, 0) is 22.0 Å². The predicted octanol–water partition coefficient (Wildman–Crippen LogP) is 3.55. The van der Waals surface area contributed by atoms with Gasteiger partial charge in [0.05, 0.1) is 12.1 Å². The molecule has 20 heavy (non-hydrogen) atoms. The lowest BCUT2D eigenvalue weighted by molar-refractivity contribution is -0.0120. The second-order valence-electron chi connectivity index (χ2n) is 7.54. The first-order valence-corrected chi connectivity index (χ1v) is 7.20. The van der Waals surface area contributed by atoms with Crippen molar-refractivity contribution in [3.05, 3.63) is 35.4 Å². The molecule has 3 N–H and O–H groups in total. The molecule has 0 amide bonds. The standard InChI is InChI=1S/C17H30N2O/c1-16(2,3)13-10-8-12(9-11-13)14(19-18)15(20-7)17(4,5)6/h8-11,14-15,19H,18H2,1-7H3. The first-order valence-electron chi connectivity index (χ1n) is 7.20. The summed E-state index contributed by atoms with van der Waals surface area (Å²) in [5.74, 6) is 5.77. The van der Waals surface area contributed by atoms with Crippen molar-refractivity contribution in [3.8, 4) is 0 Å². The quantitative estimate of drug-likeness (QED) is 0.654. The molecule has 114 valence electrons. The number of benzene rings is 1. The van der Waals surface area contributed by atoms with E-state index in [1.165, 1.54) is 5.56 Å². The summed E-state index contributed by atoms with van der Waals surface area (Å²) in [5, 5.41) is 0. The number of nitrogens with one attached hydrogen (secondary N) is 1. The predicted molar refractivity (Wildman–Crippen MR) is 85.5 cm³/mol. The molecule has 0 radical (unpaired) electrons. The van der Waals surface area contributed by atoms with E-state index in [0.717, 1.165) is 5.56 Å². The summed E-state index contributed by atoms with van der Waals surface area (Å²) < 4.78 is 5.68. The molecule has 0 aromatic heterocycles. The van der Waals surface area contributed by atoms with Crippen LogP contribution in [0.4, 0.5) is 0 Å². The maximum absolute atomic E-state index is 5.77. The van der Waals surface area contributed by atoms with Crippen molar-refractivity contribution >= 4 is 0 Å². The van der Waals surface area contributed by atoms with Crippen LogP contribution in [0.2, 0.25) is 0 Å². The molecule has 0 spiro atoms. The maximum atomic E-state index is 5.77. The molecule has 0 heterocycles. The largest absolute Gasteiger partial charge is 0.379 e. The molecule has 2 atom stereocenters. The van der Waals surface area contributed by atoms with Crippen LogP contribution in [0.25, 0.3) is 0 Å². The number of rotatable bonds is 4. The molecule has 1 aromatic rings. The van der Waals surface area contributed by atoms with Crippen LogP contribution in [0.5, 0.6) is 0 Å². The van der Waals surface area contributed by atoms with E-state index < -0.39 is 0 Å². The topological polar surface area (TPSA) is 47.3 Å². The van der Waals surface area contributed by atoms with E-state index in [2.05, 4.69) is 71.2 Å². The Labute approximate surface area is 123 Å². The van der Waals surface area contributed by atoms with Gasteiger partial charge in [0.1, 0.15) is 0 Å². The monoisotopic (exact) mass is 278 g/mol. The molecule has 0 aliphatic carbocycles. The van der Waals surface area contributed by atoms with Crippen LogP contribution >= 0.6 is 0 Å². The van der Waals surface area contributed by atoms with Crippen molar-refractivity contribution in [1.82, 2.24) is 5.43 Å². The summed E-state index contributed by atoms with van der Waals surface area (Å²) in [4.78, 5) is 0. The Balaban J connectivity index is 3.07. The zero-order valence-corrected chi connectivity index (χ0v) is 13.9. The Bertz CT molecular complexity index is 412. The van der Waals surface area contributed by atoms with Crippen molar-refractivity contribution in [2.24, 2.45) is 11.3 Å². The van der Waals surface area contributed by atoms with Gasteiger partial charge in [-0.1, -0.05) is 65.8 Å². The highest BCUT2D eigenvalue weighted by Crippen LogP contribution is 2.33. The molecule has 1 aromatic carbocycles. The number of ether oxygens (including phenoxy) is 1. The molecule has 0 saturated carbocycles. The SMILES string of the molecule is COC(C(NN)c1ccc(C(C)(C)C)cc1)C(C)(C)C. The molecule has 1 rings (SSSR count). The lowest BCUT2D eigenvalue weighted by atomic mass is 9.81. The van der Waals surface area contributed by atoms with Crippen molar-refractivity contribution in [2.75, 3.05) is 7.11 Å². The maximum Gasteiger partial charge on any atom is 0.0827 e. The second kappa shape index (κ2) is 6.25. The van der Waals surface area contributed by atoms with Crippen LogP contribution in [0.3, 0.4) is 0 Å².